The molecule has 0 radical (unpaired) electrons. The van der Waals surface area contributed by atoms with Crippen molar-refractivity contribution in [2.75, 3.05) is 11.9 Å². The average molecular weight is 484 g/mol. The first-order valence-electron chi connectivity index (χ1n) is 9.66. The van der Waals surface area contributed by atoms with E-state index in [1.165, 1.54) is 15.7 Å². The van der Waals surface area contributed by atoms with Gasteiger partial charge in [-0.15, -0.1) is 0 Å². The summed E-state index contributed by atoms with van der Waals surface area (Å²) in [6.07, 6.45) is 5.59. The molecule has 0 spiro atoms. The first kappa shape index (κ1) is 20.6. The van der Waals surface area contributed by atoms with Crippen molar-refractivity contribution in [3.63, 3.8) is 0 Å². The molecule has 0 aliphatic heterocycles. The minimum Gasteiger partial charge on any atom is -0.370 e. The molecule has 2 heterocycles. The number of pyridine rings is 1. The highest BCUT2D eigenvalue weighted by Crippen LogP contribution is 2.30. The predicted molar refractivity (Wildman–Crippen MR) is 124 cm³/mol. The van der Waals surface area contributed by atoms with Crippen molar-refractivity contribution in [1.29, 1.82) is 0 Å². The molecule has 0 amide bonds. The van der Waals surface area contributed by atoms with Crippen LogP contribution >= 0.6 is 15.9 Å². The molecule has 0 N–H and O–H groups in total. The first-order chi connectivity index (χ1) is 14.4. The second-order valence-electron chi connectivity index (χ2n) is 7.14. The Morgan fingerprint density at radius 3 is 2.60 bits per heavy atom. The summed E-state index contributed by atoms with van der Waals surface area (Å²) < 4.78 is 28.9. The predicted octanol–water partition coefficient (Wildman–Crippen LogP) is 5.23. The van der Waals surface area contributed by atoms with Gasteiger partial charge in [0.15, 0.2) is 0 Å². The van der Waals surface area contributed by atoms with Crippen LogP contribution in [0.1, 0.15) is 18.1 Å². The van der Waals surface area contributed by atoms with Crippen molar-refractivity contribution < 1.29 is 8.42 Å². The van der Waals surface area contributed by atoms with E-state index in [2.05, 4.69) is 44.9 Å². The molecular formula is C23H22BrN3O2S. The lowest BCUT2D eigenvalue weighted by Gasteiger charge is -2.22. The number of nitrogens with zero attached hydrogens (tertiary/aromatic N) is 3. The van der Waals surface area contributed by atoms with Crippen molar-refractivity contribution in [3.05, 3.63) is 88.8 Å². The van der Waals surface area contributed by atoms with Crippen LogP contribution in [0.2, 0.25) is 0 Å². The van der Waals surface area contributed by atoms with Crippen LogP contribution in [0.4, 0.5) is 5.69 Å². The second kappa shape index (κ2) is 8.24. The molecular weight excluding hydrogens is 462 g/mol. The van der Waals surface area contributed by atoms with Gasteiger partial charge in [0.25, 0.3) is 10.0 Å². The highest BCUT2D eigenvalue weighted by Gasteiger charge is 2.22. The second-order valence-corrected chi connectivity index (χ2v) is 9.87. The number of fused-ring (bicyclic) bond motifs is 1. The minimum absolute atomic E-state index is 0.173. The Labute approximate surface area is 185 Å². The number of benzene rings is 2. The van der Waals surface area contributed by atoms with Crippen molar-refractivity contribution in [1.82, 2.24) is 8.96 Å². The maximum absolute atomic E-state index is 13.3. The molecule has 154 valence electrons. The average Bonchev–Trinajstić information content (AvgIpc) is 3.13. The summed E-state index contributed by atoms with van der Waals surface area (Å²) in [6.45, 7) is 2.72. The van der Waals surface area contributed by atoms with E-state index in [4.69, 9.17) is 0 Å². The number of halogens is 1. The lowest BCUT2D eigenvalue weighted by Crippen LogP contribution is -2.18. The normalized spacial score (nSPS) is 11.7. The maximum Gasteiger partial charge on any atom is 0.269 e. The fraction of sp³-hybridized carbons (Fsp3) is 0.174. The van der Waals surface area contributed by atoms with Gasteiger partial charge in [-0.25, -0.2) is 12.4 Å². The van der Waals surface area contributed by atoms with Gasteiger partial charge in [0.05, 0.1) is 5.52 Å². The zero-order valence-electron chi connectivity index (χ0n) is 16.8. The fourth-order valence-electron chi connectivity index (χ4n) is 3.71. The number of hydrogen-bond acceptors (Lipinski definition) is 4. The molecule has 4 rings (SSSR count). The SMILES string of the molecule is CCc1cc(Br)ccc1N(C)Cc1cn(S(=O)(=O)c2cccnc2)c2ccccc12. The van der Waals surface area contributed by atoms with Gasteiger partial charge in [0.1, 0.15) is 4.90 Å². The van der Waals surface area contributed by atoms with Gasteiger partial charge < -0.3 is 4.90 Å². The van der Waals surface area contributed by atoms with Gasteiger partial charge in [0, 0.05) is 47.7 Å². The zero-order chi connectivity index (χ0) is 21.3. The zero-order valence-corrected chi connectivity index (χ0v) is 19.2. The van der Waals surface area contributed by atoms with E-state index in [1.54, 1.807) is 24.5 Å². The third kappa shape index (κ3) is 3.75. The van der Waals surface area contributed by atoms with Crippen molar-refractivity contribution in [3.8, 4) is 0 Å². The van der Waals surface area contributed by atoms with Gasteiger partial charge in [-0.1, -0.05) is 41.1 Å². The number of anilines is 1. The molecule has 7 heteroatoms. The number of hydrogen-bond donors (Lipinski definition) is 0. The number of aryl methyl sites for hydroxylation is 1. The Bertz CT molecular complexity index is 1300. The molecule has 0 aliphatic carbocycles. The van der Waals surface area contributed by atoms with Crippen molar-refractivity contribution >= 4 is 42.5 Å². The van der Waals surface area contributed by atoms with Gasteiger partial charge in [-0.3, -0.25) is 4.98 Å². The van der Waals surface area contributed by atoms with Crippen LogP contribution < -0.4 is 4.90 Å². The van der Waals surface area contributed by atoms with Gasteiger partial charge in [-0.2, -0.15) is 0 Å². The maximum atomic E-state index is 13.3. The summed E-state index contributed by atoms with van der Waals surface area (Å²) in [5, 5.41) is 0.923. The van der Waals surface area contributed by atoms with Gasteiger partial charge in [0.2, 0.25) is 0 Å². The van der Waals surface area contributed by atoms with Gasteiger partial charge in [-0.05, 0) is 53.9 Å². The number of aromatic nitrogens is 2. The molecule has 30 heavy (non-hydrogen) atoms. The van der Waals surface area contributed by atoms with E-state index in [0.717, 1.165) is 27.5 Å². The molecule has 0 saturated carbocycles. The van der Waals surface area contributed by atoms with E-state index < -0.39 is 10.0 Å². The Morgan fingerprint density at radius 1 is 1.07 bits per heavy atom. The molecule has 5 nitrogen and oxygen atoms in total. The monoisotopic (exact) mass is 483 g/mol. The summed E-state index contributed by atoms with van der Waals surface area (Å²) in [5.74, 6) is 0. The van der Waals surface area contributed by atoms with Crippen LogP contribution in [0.5, 0.6) is 0 Å². The standard InChI is InChI=1S/C23H22BrN3O2S/c1-3-17-13-19(24)10-11-22(17)26(2)15-18-16-27(23-9-5-4-8-21(18)23)30(28,29)20-7-6-12-25-14-20/h4-14,16H,3,15H2,1-2H3. The molecule has 0 atom stereocenters. The third-order valence-corrected chi connectivity index (χ3v) is 7.34. The third-order valence-electron chi connectivity index (χ3n) is 5.19. The van der Waals surface area contributed by atoms with E-state index in [-0.39, 0.29) is 4.90 Å². The molecule has 0 aliphatic rings. The first-order valence-corrected chi connectivity index (χ1v) is 11.9. The van der Waals surface area contributed by atoms with Crippen LogP contribution in [-0.4, -0.2) is 24.4 Å². The molecule has 2 aromatic carbocycles. The van der Waals surface area contributed by atoms with Crippen LogP contribution in [0, 0.1) is 0 Å². The van der Waals surface area contributed by atoms with E-state index >= 15 is 0 Å². The number of para-hydroxylation sites is 1. The minimum atomic E-state index is -3.73. The van der Waals surface area contributed by atoms with Crippen LogP contribution in [0.15, 0.2) is 82.6 Å². The summed E-state index contributed by atoms with van der Waals surface area (Å²) >= 11 is 3.54. The Balaban J connectivity index is 1.79. The van der Waals surface area contributed by atoms with E-state index in [9.17, 15) is 8.42 Å². The summed E-state index contributed by atoms with van der Waals surface area (Å²) in [7, 11) is -1.70. The van der Waals surface area contributed by atoms with Gasteiger partial charge >= 0.3 is 0 Å². The smallest absolute Gasteiger partial charge is 0.269 e. The van der Waals surface area contributed by atoms with Crippen LogP contribution in [0.25, 0.3) is 10.9 Å². The highest BCUT2D eigenvalue weighted by atomic mass is 79.9. The lowest BCUT2D eigenvalue weighted by molar-refractivity contribution is 0.588. The Morgan fingerprint density at radius 2 is 1.87 bits per heavy atom. The van der Waals surface area contributed by atoms with Crippen molar-refractivity contribution in [2.45, 2.75) is 24.8 Å². The van der Waals surface area contributed by atoms with Crippen LogP contribution in [-0.2, 0) is 23.0 Å². The molecule has 0 saturated heterocycles. The summed E-state index contributed by atoms with van der Waals surface area (Å²) in [4.78, 5) is 6.31. The summed E-state index contributed by atoms with van der Waals surface area (Å²) in [6, 6.07) is 17.0. The van der Waals surface area contributed by atoms with Crippen molar-refractivity contribution in [2.24, 2.45) is 0 Å². The van der Waals surface area contributed by atoms with E-state index in [0.29, 0.717) is 12.1 Å². The largest absolute Gasteiger partial charge is 0.370 e. The molecule has 2 aromatic heterocycles. The van der Waals surface area contributed by atoms with Crippen LogP contribution in [0.3, 0.4) is 0 Å². The fourth-order valence-corrected chi connectivity index (χ4v) is 5.47. The molecule has 0 bridgehead atoms. The summed E-state index contributed by atoms with van der Waals surface area (Å²) in [5.41, 5.74) is 3.98. The Hall–Kier alpha value is -2.64. The quantitative estimate of drug-likeness (QED) is 0.376. The van der Waals surface area contributed by atoms with E-state index in [1.807, 2.05) is 37.4 Å². The number of rotatable bonds is 6. The molecule has 4 aromatic rings. The highest BCUT2D eigenvalue weighted by molar-refractivity contribution is 9.10. The molecule has 0 unspecified atom stereocenters. The lowest BCUT2D eigenvalue weighted by atomic mass is 10.1. The topological polar surface area (TPSA) is 55.2 Å². The Kier molecular flexibility index (Phi) is 5.66. The molecule has 0 fully saturated rings.